The highest BCUT2D eigenvalue weighted by Gasteiger charge is 2.25. The lowest BCUT2D eigenvalue weighted by Gasteiger charge is -2.13. The van der Waals surface area contributed by atoms with Crippen LogP contribution in [0.1, 0.15) is 10.4 Å². The SMILES string of the molecule is O=C(NS(=O)(=O)c1ccc(NCCOc2ccccn2)c([N+](=O)[O-])c1)c1ccccc1Oc1ccccc1. The highest BCUT2D eigenvalue weighted by Crippen LogP contribution is 2.29. The molecule has 11 nitrogen and oxygen atoms in total. The van der Waals surface area contributed by atoms with Crippen molar-refractivity contribution in [2.24, 2.45) is 0 Å². The van der Waals surface area contributed by atoms with Crippen LogP contribution in [0.5, 0.6) is 17.4 Å². The summed E-state index contributed by atoms with van der Waals surface area (Å²) in [5.74, 6) is 0.0504. The maximum atomic E-state index is 12.9. The Labute approximate surface area is 218 Å². The zero-order valence-corrected chi connectivity index (χ0v) is 20.6. The quantitative estimate of drug-likeness (QED) is 0.162. The summed E-state index contributed by atoms with van der Waals surface area (Å²) in [5.41, 5.74) is -0.418. The van der Waals surface area contributed by atoms with E-state index in [0.717, 1.165) is 12.1 Å². The summed E-state index contributed by atoms with van der Waals surface area (Å²) in [6.07, 6.45) is 1.57. The Balaban J connectivity index is 1.47. The Morgan fingerprint density at radius 1 is 0.947 bits per heavy atom. The number of benzene rings is 3. The third-order valence-corrected chi connectivity index (χ3v) is 6.44. The summed E-state index contributed by atoms with van der Waals surface area (Å²) in [6.45, 7) is 0.354. The van der Waals surface area contributed by atoms with E-state index < -0.39 is 31.4 Å². The van der Waals surface area contributed by atoms with E-state index in [1.54, 1.807) is 66.9 Å². The minimum Gasteiger partial charge on any atom is -0.476 e. The predicted molar refractivity (Wildman–Crippen MR) is 139 cm³/mol. The fourth-order valence-electron chi connectivity index (χ4n) is 3.35. The molecular formula is C26H22N4O7S. The highest BCUT2D eigenvalue weighted by atomic mass is 32.2. The second kappa shape index (κ2) is 11.8. The molecule has 1 amide bonds. The van der Waals surface area contributed by atoms with E-state index in [1.807, 2.05) is 4.72 Å². The van der Waals surface area contributed by atoms with Gasteiger partial charge in [0.2, 0.25) is 5.88 Å². The van der Waals surface area contributed by atoms with E-state index in [4.69, 9.17) is 9.47 Å². The van der Waals surface area contributed by atoms with Crippen LogP contribution in [0.3, 0.4) is 0 Å². The van der Waals surface area contributed by atoms with Gasteiger partial charge >= 0.3 is 0 Å². The van der Waals surface area contributed by atoms with Gasteiger partial charge in [-0.25, -0.2) is 18.1 Å². The fourth-order valence-corrected chi connectivity index (χ4v) is 4.33. The number of nitro groups is 1. The molecule has 2 N–H and O–H groups in total. The average Bonchev–Trinajstić information content (AvgIpc) is 2.92. The van der Waals surface area contributed by atoms with E-state index >= 15 is 0 Å². The van der Waals surface area contributed by atoms with Gasteiger partial charge in [-0.05, 0) is 42.5 Å². The van der Waals surface area contributed by atoms with Crippen molar-refractivity contribution in [2.75, 3.05) is 18.5 Å². The van der Waals surface area contributed by atoms with E-state index in [1.165, 1.54) is 18.2 Å². The lowest BCUT2D eigenvalue weighted by Crippen LogP contribution is -2.31. The van der Waals surface area contributed by atoms with Crippen molar-refractivity contribution in [3.63, 3.8) is 0 Å². The van der Waals surface area contributed by atoms with Gasteiger partial charge in [0.25, 0.3) is 21.6 Å². The average molecular weight is 535 g/mol. The molecule has 3 aromatic carbocycles. The lowest BCUT2D eigenvalue weighted by molar-refractivity contribution is -0.384. The van der Waals surface area contributed by atoms with Crippen molar-refractivity contribution in [1.29, 1.82) is 0 Å². The summed E-state index contributed by atoms with van der Waals surface area (Å²) in [4.78, 5) is 27.4. The third-order valence-electron chi connectivity index (χ3n) is 5.11. The van der Waals surface area contributed by atoms with Crippen LogP contribution in [0.4, 0.5) is 11.4 Å². The van der Waals surface area contributed by atoms with E-state index in [0.29, 0.717) is 11.6 Å². The van der Waals surface area contributed by atoms with Crippen molar-refractivity contribution in [2.45, 2.75) is 4.90 Å². The number of para-hydroxylation sites is 2. The molecule has 0 saturated heterocycles. The van der Waals surface area contributed by atoms with Crippen molar-refractivity contribution in [3.8, 4) is 17.4 Å². The number of anilines is 1. The van der Waals surface area contributed by atoms with Crippen molar-refractivity contribution < 1.29 is 27.6 Å². The van der Waals surface area contributed by atoms with Gasteiger partial charge in [-0.15, -0.1) is 0 Å². The number of hydrogen-bond donors (Lipinski definition) is 2. The Hall–Kier alpha value is -4.97. The maximum absolute atomic E-state index is 12.9. The van der Waals surface area contributed by atoms with Gasteiger partial charge in [0.1, 0.15) is 23.8 Å². The molecule has 0 aliphatic heterocycles. The summed E-state index contributed by atoms with van der Waals surface area (Å²) in [6, 6.07) is 23.3. The minimum absolute atomic E-state index is 0.0272. The second-order valence-electron chi connectivity index (χ2n) is 7.73. The van der Waals surface area contributed by atoms with Gasteiger partial charge in [0, 0.05) is 24.9 Å². The first-order valence-corrected chi connectivity index (χ1v) is 12.8. The zero-order chi connectivity index (χ0) is 27.0. The number of hydrogen-bond acceptors (Lipinski definition) is 9. The molecule has 194 valence electrons. The number of ether oxygens (including phenoxy) is 2. The summed E-state index contributed by atoms with van der Waals surface area (Å²) in [7, 11) is -4.45. The summed E-state index contributed by atoms with van der Waals surface area (Å²) in [5, 5.41) is 14.5. The minimum atomic E-state index is -4.45. The van der Waals surface area contributed by atoms with Crippen LogP contribution >= 0.6 is 0 Å². The Kier molecular flexibility index (Phi) is 8.14. The first-order chi connectivity index (χ1) is 18.3. The van der Waals surface area contributed by atoms with Crippen LogP contribution in [0.2, 0.25) is 0 Å². The molecule has 1 heterocycles. The number of nitrogens with zero attached hydrogens (tertiary/aromatic N) is 2. The smallest absolute Gasteiger partial charge is 0.293 e. The molecule has 4 rings (SSSR count). The fraction of sp³-hybridized carbons (Fsp3) is 0.0769. The van der Waals surface area contributed by atoms with Gasteiger partial charge in [0.05, 0.1) is 15.4 Å². The monoisotopic (exact) mass is 534 g/mol. The van der Waals surface area contributed by atoms with Crippen LogP contribution in [0.25, 0.3) is 0 Å². The van der Waals surface area contributed by atoms with Gasteiger partial charge in [0.15, 0.2) is 0 Å². The molecule has 0 aliphatic carbocycles. The van der Waals surface area contributed by atoms with E-state index in [9.17, 15) is 23.3 Å². The van der Waals surface area contributed by atoms with Crippen LogP contribution in [-0.4, -0.2) is 37.4 Å². The van der Waals surface area contributed by atoms with Crippen molar-refractivity contribution in [1.82, 2.24) is 9.71 Å². The first kappa shape index (κ1) is 26.1. The molecule has 12 heteroatoms. The molecule has 0 fully saturated rings. The molecule has 0 radical (unpaired) electrons. The Morgan fingerprint density at radius 3 is 2.42 bits per heavy atom. The lowest BCUT2D eigenvalue weighted by atomic mass is 10.2. The molecule has 0 saturated carbocycles. The van der Waals surface area contributed by atoms with Gasteiger partial charge < -0.3 is 14.8 Å². The number of amides is 1. The topological polar surface area (TPSA) is 150 Å². The molecule has 0 aliphatic rings. The molecule has 0 spiro atoms. The largest absolute Gasteiger partial charge is 0.476 e. The van der Waals surface area contributed by atoms with Gasteiger partial charge in [-0.3, -0.25) is 14.9 Å². The zero-order valence-electron chi connectivity index (χ0n) is 19.8. The standard InChI is InChI=1S/C26H22N4O7S/c31-26(21-10-4-5-11-24(21)37-19-8-2-1-3-9-19)29-38(34,35)20-13-14-22(23(18-20)30(32)33)27-16-17-36-25-12-6-7-15-28-25/h1-15,18,27H,16-17H2,(H,29,31). The number of sulfonamides is 1. The number of nitro benzene ring substituents is 1. The number of aromatic nitrogens is 1. The molecule has 0 bridgehead atoms. The normalized spacial score (nSPS) is 10.8. The third kappa shape index (κ3) is 6.62. The molecular weight excluding hydrogens is 512 g/mol. The number of nitrogens with one attached hydrogen (secondary N) is 2. The Morgan fingerprint density at radius 2 is 1.68 bits per heavy atom. The van der Waals surface area contributed by atoms with Crippen LogP contribution in [-0.2, 0) is 10.0 Å². The Bertz CT molecular complexity index is 1530. The second-order valence-corrected chi connectivity index (χ2v) is 9.41. The number of carbonyl (C=O) groups excluding carboxylic acids is 1. The van der Waals surface area contributed by atoms with Crippen LogP contribution in [0.15, 0.2) is 102 Å². The summed E-state index contributed by atoms with van der Waals surface area (Å²) < 4.78 is 39.0. The van der Waals surface area contributed by atoms with Crippen LogP contribution in [0, 0.1) is 10.1 Å². The maximum Gasteiger partial charge on any atom is 0.293 e. The molecule has 0 unspecified atom stereocenters. The number of carbonyl (C=O) groups is 1. The van der Waals surface area contributed by atoms with E-state index in [-0.39, 0.29) is 30.2 Å². The van der Waals surface area contributed by atoms with Crippen LogP contribution < -0.4 is 19.5 Å². The van der Waals surface area contributed by atoms with Crippen molar-refractivity contribution in [3.05, 3.63) is 113 Å². The number of rotatable bonds is 11. The molecule has 4 aromatic rings. The van der Waals surface area contributed by atoms with Crippen molar-refractivity contribution >= 4 is 27.3 Å². The molecule has 0 atom stereocenters. The summed E-state index contributed by atoms with van der Waals surface area (Å²) >= 11 is 0. The van der Waals surface area contributed by atoms with Gasteiger partial charge in [-0.1, -0.05) is 36.4 Å². The first-order valence-electron chi connectivity index (χ1n) is 11.3. The molecule has 38 heavy (non-hydrogen) atoms. The predicted octanol–water partition coefficient (Wildman–Crippen LogP) is 4.39. The van der Waals surface area contributed by atoms with Gasteiger partial charge in [-0.2, -0.15) is 0 Å². The molecule has 1 aromatic heterocycles. The highest BCUT2D eigenvalue weighted by molar-refractivity contribution is 7.90. The van der Waals surface area contributed by atoms with E-state index in [2.05, 4.69) is 10.3 Å². The number of pyridine rings is 1.